The van der Waals surface area contributed by atoms with Crippen molar-refractivity contribution in [3.8, 4) is 0 Å². The number of hydrazine groups is 1. The molecular weight excluding hydrogens is 422 g/mol. The van der Waals surface area contributed by atoms with Crippen LogP contribution in [0.3, 0.4) is 0 Å². The van der Waals surface area contributed by atoms with Gasteiger partial charge in [-0.3, -0.25) is 25.2 Å². The lowest BCUT2D eigenvalue weighted by molar-refractivity contribution is -0.123. The van der Waals surface area contributed by atoms with Crippen molar-refractivity contribution < 1.29 is 18.8 Å². The molecule has 3 amide bonds. The molecule has 138 valence electrons. The van der Waals surface area contributed by atoms with Crippen LogP contribution in [0.25, 0.3) is 0 Å². The van der Waals surface area contributed by atoms with Gasteiger partial charge in [0.25, 0.3) is 17.7 Å². The van der Waals surface area contributed by atoms with E-state index in [0.29, 0.717) is 17.7 Å². The summed E-state index contributed by atoms with van der Waals surface area (Å²) in [6.45, 7) is 0. The Morgan fingerprint density at radius 3 is 2.46 bits per heavy atom. The van der Waals surface area contributed by atoms with E-state index in [0.717, 1.165) is 4.47 Å². The molecule has 7 nitrogen and oxygen atoms in total. The van der Waals surface area contributed by atoms with Crippen molar-refractivity contribution in [3.63, 3.8) is 0 Å². The zero-order valence-electron chi connectivity index (χ0n) is 14.0. The number of carbonyl (C=O) groups excluding carboxylic acids is 3. The van der Waals surface area contributed by atoms with Gasteiger partial charge in [0.15, 0.2) is 5.76 Å². The van der Waals surface area contributed by atoms with Crippen molar-refractivity contribution >= 4 is 45.4 Å². The maximum atomic E-state index is 12.4. The average Bonchev–Trinajstić information content (AvgIpc) is 3.18. The van der Waals surface area contributed by atoms with Gasteiger partial charge in [0.05, 0.1) is 6.26 Å². The number of amides is 3. The summed E-state index contributed by atoms with van der Waals surface area (Å²) in [4.78, 5) is 36.5. The van der Waals surface area contributed by atoms with E-state index < -0.39 is 23.8 Å². The molecule has 1 atom stereocenters. The second kappa shape index (κ2) is 10.0. The molecule has 1 aromatic heterocycles. The van der Waals surface area contributed by atoms with Gasteiger partial charge in [0.2, 0.25) is 0 Å². The van der Waals surface area contributed by atoms with Crippen LogP contribution < -0.4 is 16.2 Å². The Bertz CT molecular complexity index is 750. The number of nitrogens with one attached hydrogen (secondary N) is 3. The number of hydrogen-bond donors (Lipinski definition) is 3. The molecule has 0 aliphatic heterocycles. The standard InChI is InChI=1S/C17H18BrN3O4S/c1-26-10-8-13(19-17(24)14-3-2-9-25-14)16(23)21-20-15(22)11-4-6-12(18)7-5-11/h2-7,9,13H,8,10H2,1H3,(H,19,24)(H,20,22)(H,21,23). The molecule has 2 aromatic rings. The first-order valence-corrected chi connectivity index (χ1v) is 9.89. The summed E-state index contributed by atoms with van der Waals surface area (Å²) in [6.07, 6.45) is 3.69. The Morgan fingerprint density at radius 1 is 1.12 bits per heavy atom. The third-order valence-electron chi connectivity index (χ3n) is 3.38. The van der Waals surface area contributed by atoms with E-state index in [1.54, 1.807) is 42.1 Å². The molecule has 0 spiro atoms. The number of carbonyl (C=O) groups is 3. The van der Waals surface area contributed by atoms with Crippen molar-refractivity contribution in [2.75, 3.05) is 12.0 Å². The Morgan fingerprint density at radius 2 is 1.85 bits per heavy atom. The molecule has 26 heavy (non-hydrogen) atoms. The Kier molecular flexibility index (Phi) is 7.73. The van der Waals surface area contributed by atoms with Crippen molar-refractivity contribution in [1.29, 1.82) is 0 Å². The van der Waals surface area contributed by atoms with Crippen molar-refractivity contribution in [3.05, 3.63) is 58.5 Å². The lowest BCUT2D eigenvalue weighted by Gasteiger charge is -2.18. The van der Waals surface area contributed by atoms with Gasteiger partial charge in [-0.15, -0.1) is 0 Å². The maximum absolute atomic E-state index is 12.4. The van der Waals surface area contributed by atoms with E-state index in [4.69, 9.17) is 4.42 Å². The van der Waals surface area contributed by atoms with E-state index in [1.807, 2.05) is 6.26 Å². The van der Waals surface area contributed by atoms with Gasteiger partial charge in [-0.2, -0.15) is 11.8 Å². The molecule has 1 heterocycles. The van der Waals surface area contributed by atoms with E-state index in [2.05, 4.69) is 32.1 Å². The van der Waals surface area contributed by atoms with E-state index in [-0.39, 0.29) is 5.76 Å². The normalized spacial score (nSPS) is 11.5. The summed E-state index contributed by atoms with van der Waals surface area (Å²) in [7, 11) is 0. The quantitative estimate of drug-likeness (QED) is 0.574. The highest BCUT2D eigenvalue weighted by atomic mass is 79.9. The third kappa shape index (κ3) is 5.92. The van der Waals surface area contributed by atoms with E-state index in [9.17, 15) is 14.4 Å². The lowest BCUT2D eigenvalue weighted by Crippen LogP contribution is -2.52. The second-order valence-electron chi connectivity index (χ2n) is 5.24. The predicted octanol–water partition coefficient (Wildman–Crippen LogP) is 2.35. The lowest BCUT2D eigenvalue weighted by atomic mass is 10.2. The first-order valence-electron chi connectivity index (χ1n) is 7.70. The minimum Gasteiger partial charge on any atom is -0.459 e. The number of benzene rings is 1. The van der Waals surface area contributed by atoms with Crippen LogP contribution in [0.15, 0.2) is 51.6 Å². The molecule has 9 heteroatoms. The minimum atomic E-state index is -0.801. The predicted molar refractivity (Wildman–Crippen MR) is 103 cm³/mol. The first kappa shape index (κ1) is 20.1. The summed E-state index contributed by atoms with van der Waals surface area (Å²) < 4.78 is 5.87. The highest BCUT2D eigenvalue weighted by Gasteiger charge is 2.22. The minimum absolute atomic E-state index is 0.117. The zero-order valence-corrected chi connectivity index (χ0v) is 16.4. The van der Waals surface area contributed by atoms with Gasteiger partial charge in [-0.25, -0.2) is 0 Å². The van der Waals surface area contributed by atoms with Crippen LogP contribution in [-0.2, 0) is 4.79 Å². The van der Waals surface area contributed by atoms with Gasteiger partial charge < -0.3 is 9.73 Å². The number of halogens is 1. The summed E-state index contributed by atoms with van der Waals surface area (Å²) in [5, 5.41) is 2.61. The molecule has 1 unspecified atom stereocenters. The molecular formula is C17H18BrN3O4S. The molecule has 0 aliphatic carbocycles. The van der Waals surface area contributed by atoms with Crippen LogP contribution in [0.5, 0.6) is 0 Å². The molecule has 2 rings (SSSR count). The van der Waals surface area contributed by atoms with Gasteiger partial charge in [-0.1, -0.05) is 15.9 Å². The zero-order chi connectivity index (χ0) is 18.9. The van der Waals surface area contributed by atoms with E-state index in [1.165, 1.54) is 12.3 Å². The first-order chi connectivity index (χ1) is 12.5. The highest BCUT2D eigenvalue weighted by molar-refractivity contribution is 9.10. The molecule has 1 aromatic carbocycles. The van der Waals surface area contributed by atoms with Crippen molar-refractivity contribution in [1.82, 2.24) is 16.2 Å². The Labute approximate surface area is 163 Å². The van der Waals surface area contributed by atoms with Crippen LogP contribution in [0.1, 0.15) is 27.3 Å². The fourth-order valence-corrected chi connectivity index (χ4v) is 2.76. The third-order valence-corrected chi connectivity index (χ3v) is 4.56. The molecule has 0 radical (unpaired) electrons. The average molecular weight is 440 g/mol. The SMILES string of the molecule is CSCCC(NC(=O)c1ccco1)C(=O)NNC(=O)c1ccc(Br)cc1. The molecule has 0 aliphatic rings. The summed E-state index contributed by atoms with van der Waals surface area (Å²) in [6, 6.07) is 8.98. The topological polar surface area (TPSA) is 100 Å². The Balaban J connectivity index is 1.93. The van der Waals surface area contributed by atoms with Crippen LogP contribution in [0.2, 0.25) is 0 Å². The maximum Gasteiger partial charge on any atom is 0.287 e. The summed E-state index contributed by atoms with van der Waals surface area (Å²) in [5.41, 5.74) is 5.10. The van der Waals surface area contributed by atoms with E-state index >= 15 is 0 Å². The smallest absolute Gasteiger partial charge is 0.287 e. The monoisotopic (exact) mass is 439 g/mol. The van der Waals surface area contributed by atoms with Gasteiger partial charge in [-0.05, 0) is 54.8 Å². The number of rotatable bonds is 7. The molecule has 0 fully saturated rings. The van der Waals surface area contributed by atoms with Crippen molar-refractivity contribution in [2.24, 2.45) is 0 Å². The number of hydrogen-bond acceptors (Lipinski definition) is 5. The molecule has 0 bridgehead atoms. The number of thioether (sulfide) groups is 1. The highest BCUT2D eigenvalue weighted by Crippen LogP contribution is 2.10. The van der Waals surface area contributed by atoms with Gasteiger partial charge in [0, 0.05) is 10.0 Å². The van der Waals surface area contributed by atoms with Crippen LogP contribution >= 0.6 is 27.7 Å². The van der Waals surface area contributed by atoms with Crippen LogP contribution in [0.4, 0.5) is 0 Å². The molecule has 3 N–H and O–H groups in total. The van der Waals surface area contributed by atoms with Crippen molar-refractivity contribution in [2.45, 2.75) is 12.5 Å². The fourth-order valence-electron chi connectivity index (χ4n) is 2.02. The molecule has 0 saturated carbocycles. The van der Waals surface area contributed by atoms with Crippen LogP contribution in [0, 0.1) is 0 Å². The van der Waals surface area contributed by atoms with Crippen LogP contribution in [-0.4, -0.2) is 35.8 Å². The second-order valence-corrected chi connectivity index (χ2v) is 7.14. The summed E-state index contributed by atoms with van der Waals surface area (Å²) in [5.74, 6) is -0.672. The Hall–Kier alpha value is -2.26. The summed E-state index contributed by atoms with van der Waals surface area (Å²) >= 11 is 4.84. The molecule has 0 saturated heterocycles. The van der Waals surface area contributed by atoms with Gasteiger partial charge in [0.1, 0.15) is 6.04 Å². The largest absolute Gasteiger partial charge is 0.459 e. The van der Waals surface area contributed by atoms with Gasteiger partial charge >= 0.3 is 0 Å². The number of furan rings is 1. The fraction of sp³-hybridized carbons (Fsp3) is 0.235.